The highest BCUT2D eigenvalue weighted by Gasteiger charge is 2.13. The number of hydrazine groups is 1. The van der Waals surface area contributed by atoms with Gasteiger partial charge >= 0.3 is 6.09 Å². The van der Waals surface area contributed by atoms with Crippen molar-refractivity contribution >= 4 is 11.9 Å². The van der Waals surface area contributed by atoms with Gasteiger partial charge in [0.25, 0.3) is 0 Å². The molecule has 90 valence electrons. The maximum atomic E-state index is 10.7. The van der Waals surface area contributed by atoms with E-state index in [1.54, 1.807) is 12.1 Å². The van der Waals surface area contributed by atoms with Gasteiger partial charge in [-0.1, -0.05) is 13.8 Å². The topological polar surface area (TPSA) is 102 Å². The van der Waals surface area contributed by atoms with Crippen LogP contribution in [0.5, 0.6) is 0 Å². The number of amides is 1. The summed E-state index contributed by atoms with van der Waals surface area (Å²) in [6.07, 6.45) is 0.236. The minimum atomic E-state index is -1.18. The molecule has 1 aromatic heterocycles. The third-order valence-corrected chi connectivity index (χ3v) is 1.80. The SMILES string of the molecule is CC(C)CN(NC(=O)O)c1ccnc(C#N)n1. The van der Waals surface area contributed by atoms with E-state index in [2.05, 4.69) is 15.4 Å². The van der Waals surface area contributed by atoms with E-state index < -0.39 is 6.09 Å². The Balaban J connectivity index is 2.95. The van der Waals surface area contributed by atoms with Crippen molar-refractivity contribution in [3.8, 4) is 6.07 Å². The van der Waals surface area contributed by atoms with Gasteiger partial charge in [-0.05, 0) is 5.92 Å². The number of rotatable bonds is 4. The van der Waals surface area contributed by atoms with Crippen molar-refractivity contribution in [3.05, 3.63) is 18.1 Å². The fourth-order valence-electron chi connectivity index (χ4n) is 1.23. The third kappa shape index (κ3) is 3.95. The Kier molecular flexibility index (Phi) is 4.22. The van der Waals surface area contributed by atoms with Crippen molar-refractivity contribution in [3.63, 3.8) is 0 Å². The maximum Gasteiger partial charge on any atom is 0.423 e. The van der Waals surface area contributed by atoms with Crippen molar-refractivity contribution in [1.29, 1.82) is 5.26 Å². The van der Waals surface area contributed by atoms with Crippen LogP contribution in [0.15, 0.2) is 12.3 Å². The molecule has 0 aliphatic carbocycles. The fourth-order valence-corrected chi connectivity index (χ4v) is 1.23. The van der Waals surface area contributed by atoms with Crippen LogP contribution in [0, 0.1) is 17.2 Å². The van der Waals surface area contributed by atoms with Crippen LogP contribution in [0.1, 0.15) is 19.7 Å². The van der Waals surface area contributed by atoms with E-state index in [0.29, 0.717) is 12.4 Å². The molecule has 0 atom stereocenters. The predicted octanol–water partition coefficient (Wildman–Crippen LogP) is 0.993. The maximum absolute atomic E-state index is 10.7. The Hall–Kier alpha value is -2.36. The number of aromatic nitrogens is 2. The summed E-state index contributed by atoms with van der Waals surface area (Å²) < 4.78 is 0. The summed E-state index contributed by atoms with van der Waals surface area (Å²) in [5.41, 5.74) is 2.23. The summed E-state index contributed by atoms with van der Waals surface area (Å²) in [5.74, 6) is 0.596. The van der Waals surface area contributed by atoms with Crippen LogP contribution in [0.25, 0.3) is 0 Å². The van der Waals surface area contributed by atoms with Crippen molar-refractivity contribution < 1.29 is 9.90 Å². The number of carbonyl (C=O) groups is 1. The number of hydrogen-bond acceptors (Lipinski definition) is 5. The van der Waals surface area contributed by atoms with Crippen molar-refractivity contribution in [2.24, 2.45) is 5.92 Å². The number of anilines is 1. The van der Waals surface area contributed by atoms with Gasteiger partial charge in [-0.15, -0.1) is 0 Å². The summed E-state index contributed by atoms with van der Waals surface area (Å²) in [6, 6.07) is 3.35. The van der Waals surface area contributed by atoms with Gasteiger partial charge < -0.3 is 5.11 Å². The molecular formula is C10H13N5O2. The Morgan fingerprint density at radius 3 is 2.94 bits per heavy atom. The molecule has 0 saturated heterocycles. The van der Waals surface area contributed by atoms with Gasteiger partial charge in [-0.25, -0.2) is 15.2 Å². The molecule has 0 fully saturated rings. The second kappa shape index (κ2) is 5.65. The van der Waals surface area contributed by atoms with E-state index in [4.69, 9.17) is 10.4 Å². The first-order valence-electron chi connectivity index (χ1n) is 5.03. The standard InChI is InChI=1S/C10H13N5O2/c1-7(2)6-15(14-10(16)17)9-3-4-12-8(5-11)13-9/h3-4,7,14H,6H2,1-2H3,(H,16,17). The largest absolute Gasteiger partial charge is 0.464 e. The normalized spacial score (nSPS) is 9.76. The summed E-state index contributed by atoms with van der Waals surface area (Å²) in [6.45, 7) is 4.35. The molecule has 1 rings (SSSR count). The van der Waals surface area contributed by atoms with Crippen LogP contribution in [0.2, 0.25) is 0 Å². The third-order valence-electron chi connectivity index (χ3n) is 1.80. The zero-order valence-electron chi connectivity index (χ0n) is 9.58. The van der Waals surface area contributed by atoms with Crippen LogP contribution in [0.3, 0.4) is 0 Å². The molecule has 0 radical (unpaired) electrons. The molecule has 2 N–H and O–H groups in total. The first-order valence-corrected chi connectivity index (χ1v) is 5.03. The van der Waals surface area contributed by atoms with Gasteiger partial charge in [-0.3, -0.25) is 5.01 Å². The lowest BCUT2D eigenvalue weighted by Crippen LogP contribution is -2.44. The number of nitrogens with one attached hydrogen (secondary N) is 1. The molecule has 0 spiro atoms. The van der Waals surface area contributed by atoms with E-state index in [1.165, 1.54) is 11.2 Å². The highest BCUT2D eigenvalue weighted by atomic mass is 16.4. The van der Waals surface area contributed by atoms with Crippen LogP contribution in [-0.4, -0.2) is 27.7 Å². The number of nitrogens with zero attached hydrogens (tertiary/aromatic N) is 4. The summed E-state index contributed by atoms with van der Waals surface area (Å²) in [5, 5.41) is 18.8. The van der Waals surface area contributed by atoms with Gasteiger partial charge in [-0.2, -0.15) is 10.2 Å². The molecule has 1 amide bonds. The van der Waals surface area contributed by atoms with Crippen LogP contribution < -0.4 is 10.4 Å². The second-order valence-corrected chi connectivity index (χ2v) is 3.77. The zero-order chi connectivity index (χ0) is 12.8. The first kappa shape index (κ1) is 12.7. The minimum Gasteiger partial charge on any atom is -0.464 e. The molecule has 0 aliphatic heterocycles. The van der Waals surface area contributed by atoms with Gasteiger partial charge in [0.05, 0.1) is 0 Å². The molecule has 0 aliphatic rings. The van der Waals surface area contributed by atoms with Crippen LogP contribution in [0.4, 0.5) is 10.6 Å². The van der Waals surface area contributed by atoms with E-state index in [9.17, 15) is 4.79 Å². The van der Waals surface area contributed by atoms with Gasteiger partial charge in [0, 0.05) is 18.8 Å². The lowest BCUT2D eigenvalue weighted by Gasteiger charge is -2.24. The molecule has 0 saturated carbocycles. The lowest BCUT2D eigenvalue weighted by atomic mass is 10.2. The molecule has 1 heterocycles. The lowest BCUT2D eigenvalue weighted by molar-refractivity contribution is 0.192. The van der Waals surface area contributed by atoms with E-state index in [0.717, 1.165) is 0 Å². The zero-order valence-corrected chi connectivity index (χ0v) is 9.58. The van der Waals surface area contributed by atoms with Crippen molar-refractivity contribution in [2.45, 2.75) is 13.8 Å². The molecular weight excluding hydrogens is 222 g/mol. The van der Waals surface area contributed by atoms with E-state index >= 15 is 0 Å². The molecule has 17 heavy (non-hydrogen) atoms. The van der Waals surface area contributed by atoms with Gasteiger partial charge in [0.2, 0.25) is 5.82 Å². The van der Waals surface area contributed by atoms with E-state index in [1.807, 2.05) is 13.8 Å². The minimum absolute atomic E-state index is 0.00319. The number of hydrogen-bond donors (Lipinski definition) is 2. The van der Waals surface area contributed by atoms with Gasteiger partial charge in [0.15, 0.2) is 5.82 Å². The molecule has 0 bridgehead atoms. The monoisotopic (exact) mass is 235 g/mol. The Labute approximate surface area is 98.7 Å². The summed E-state index contributed by atoms with van der Waals surface area (Å²) in [7, 11) is 0. The van der Waals surface area contributed by atoms with E-state index in [-0.39, 0.29) is 11.7 Å². The molecule has 0 unspecified atom stereocenters. The molecule has 1 aromatic rings. The fraction of sp³-hybridized carbons (Fsp3) is 0.400. The molecule has 7 heteroatoms. The highest BCUT2D eigenvalue weighted by Crippen LogP contribution is 2.09. The Bertz CT molecular complexity index is 441. The summed E-state index contributed by atoms with van der Waals surface area (Å²) >= 11 is 0. The average molecular weight is 235 g/mol. The molecule has 7 nitrogen and oxygen atoms in total. The van der Waals surface area contributed by atoms with Gasteiger partial charge in [0.1, 0.15) is 6.07 Å². The Morgan fingerprint density at radius 1 is 1.71 bits per heavy atom. The average Bonchev–Trinajstić information content (AvgIpc) is 2.27. The number of carboxylic acid groups (broad SMARTS) is 1. The predicted molar refractivity (Wildman–Crippen MR) is 60.1 cm³/mol. The summed E-state index contributed by atoms with van der Waals surface area (Å²) in [4.78, 5) is 18.3. The van der Waals surface area contributed by atoms with Crippen molar-refractivity contribution in [2.75, 3.05) is 11.6 Å². The first-order chi connectivity index (χ1) is 8.02. The van der Waals surface area contributed by atoms with Crippen LogP contribution in [-0.2, 0) is 0 Å². The second-order valence-electron chi connectivity index (χ2n) is 3.77. The Morgan fingerprint density at radius 2 is 2.41 bits per heavy atom. The number of nitriles is 1. The smallest absolute Gasteiger partial charge is 0.423 e. The molecule has 0 aromatic carbocycles. The van der Waals surface area contributed by atoms with Crippen molar-refractivity contribution in [1.82, 2.24) is 15.4 Å². The van der Waals surface area contributed by atoms with Crippen LogP contribution >= 0.6 is 0 Å². The quantitative estimate of drug-likeness (QED) is 0.754. The highest BCUT2D eigenvalue weighted by molar-refractivity contribution is 5.67.